The molecular formula is C102H70N6O. The number of aromatic nitrogens is 2. The fourth-order valence-corrected chi connectivity index (χ4v) is 16.2. The van der Waals surface area contributed by atoms with Crippen LogP contribution < -0.4 is 19.6 Å². The molecule has 0 aliphatic rings. The Kier molecular flexibility index (Phi) is 16.1. The van der Waals surface area contributed by atoms with Crippen LogP contribution in [-0.2, 0) is 0 Å². The molecule has 0 unspecified atom stereocenters. The smallest absolute Gasteiger partial charge is 0.145 e. The van der Waals surface area contributed by atoms with E-state index in [9.17, 15) is 0 Å². The molecule has 514 valence electrons. The van der Waals surface area contributed by atoms with E-state index < -0.39 is 0 Å². The predicted octanol–water partition coefficient (Wildman–Crippen LogP) is 28.7. The Labute approximate surface area is 632 Å². The van der Waals surface area contributed by atoms with E-state index >= 15 is 0 Å². The highest BCUT2D eigenvalue weighted by Gasteiger charge is 2.26. The number of hydrogen-bond acceptors (Lipinski definition) is 5. The van der Waals surface area contributed by atoms with Crippen LogP contribution in [0, 0.1) is 0 Å². The zero-order valence-electron chi connectivity index (χ0n) is 59.5. The van der Waals surface area contributed by atoms with E-state index in [1.54, 1.807) is 0 Å². The molecule has 0 N–H and O–H groups in total. The van der Waals surface area contributed by atoms with Crippen molar-refractivity contribution in [1.82, 2.24) is 9.13 Å². The van der Waals surface area contributed by atoms with Crippen LogP contribution in [0.25, 0.3) is 110 Å². The molecule has 0 bridgehead atoms. The van der Waals surface area contributed by atoms with Crippen LogP contribution in [0.3, 0.4) is 0 Å². The van der Waals surface area contributed by atoms with E-state index in [4.69, 9.17) is 4.42 Å². The summed E-state index contributed by atoms with van der Waals surface area (Å²) in [6.45, 7) is 0. The van der Waals surface area contributed by atoms with Crippen molar-refractivity contribution >= 4 is 134 Å². The fourth-order valence-electron chi connectivity index (χ4n) is 16.2. The summed E-state index contributed by atoms with van der Waals surface area (Å²) in [5.41, 5.74) is 27.8. The van der Waals surface area contributed by atoms with E-state index in [1.807, 2.05) is 0 Å². The summed E-state index contributed by atoms with van der Waals surface area (Å²) in [6, 6.07) is 153. The molecule has 3 aromatic heterocycles. The lowest BCUT2D eigenvalue weighted by atomic mass is 10.0. The average Bonchev–Trinajstić information content (AvgIpc) is 1.54. The second-order valence-corrected chi connectivity index (χ2v) is 27.6. The third kappa shape index (κ3) is 11.6. The highest BCUT2D eigenvalue weighted by Crippen LogP contribution is 2.49. The molecule has 0 aliphatic carbocycles. The Morgan fingerprint density at radius 1 is 0.165 bits per heavy atom. The van der Waals surface area contributed by atoms with Gasteiger partial charge in [-0.3, -0.25) is 0 Å². The second kappa shape index (κ2) is 27.4. The van der Waals surface area contributed by atoms with Gasteiger partial charge in [0.05, 0.1) is 32.8 Å². The maximum absolute atomic E-state index is 7.61. The molecule has 0 spiro atoms. The molecule has 0 atom stereocenters. The van der Waals surface area contributed by atoms with Crippen LogP contribution in [0.5, 0.6) is 0 Å². The van der Waals surface area contributed by atoms with Crippen molar-refractivity contribution in [2.24, 2.45) is 0 Å². The third-order valence-electron chi connectivity index (χ3n) is 21.3. The summed E-state index contributed by atoms with van der Waals surface area (Å²) in [5, 5.41) is 6.47. The fraction of sp³-hybridized carbons (Fsp3) is 0. The first kappa shape index (κ1) is 64.0. The van der Waals surface area contributed by atoms with Crippen molar-refractivity contribution in [3.8, 4) is 44.8 Å². The topological polar surface area (TPSA) is 36.0 Å². The Hall–Kier alpha value is -14.7. The first-order valence-electron chi connectivity index (χ1n) is 37.1. The van der Waals surface area contributed by atoms with Crippen molar-refractivity contribution in [2.75, 3.05) is 19.6 Å². The van der Waals surface area contributed by atoms with Crippen LogP contribution in [0.2, 0.25) is 0 Å². The molecule has 0 saturated heterocycles. The van der Waals surface area contributed by atoms with E-state index in [2.05, 4.69) is 453 Å². The number of furan rings is 1. The van der Waals surface area contributed by atoms with E-state index in [1.165, 1.54) is 22.3 Å². The maximum Gasteiger partial charge on any atom is 0.145 e. The Balaban J connectivity index is 0.694. The van der Waals surface area contributed by atoms with Crippen LogP contribution in [0.15, 0.2) is 429 Å². The molecule has 0 aliphatic heterocycles. The van der Waals surface area contributed by atoms with Gasteiger partial charge in [0.1, 0.15) is 11.2 Å². The second-order valence-electron chi connectivity index (χ2n) is 27.6. The standard InChI is InChI=1S/C102H70N6O/c1-8-24-71(25-9-1)73-40-48-84(49-41-73)105(85-50-42-74(43-51-85)72-26-10-2-11-27-72)87-56-60-88(61-57-87)107-95-39-23-22-38-93(95)99-96(107)68-66-91-92-67-69-97-100(102(92)109-101(91)99)94-65-64-90(106(80-34-18-6-19-35-80)81-36-20-7-21-37-81)70-98(94)108(97)89-62-58-86(59-63-89)104(79-32-16-5-17-33-79)83-54-46-76(47-55-83)75-44-52-82(53-45-75)103(77-28-12-3-13-29-77)78-30-14-4-15-31-78/h1-70H. The molecule has 17 aromatic carbocycles. The van der Waals surface area contributed by atoms with Crippen molar-refractivity contribution in [2.45, 2.75) is 0 Å². The van der Waals surface area contributed by atoms with E-state index in [0.717, 1.165) is 156 Å². The zero-order valence-corrected chi connectivity index (χ0v) is 59.5. The summed E-state index contributed by atoms with van der Waals surface area (Å²) in [7, 11) is 0. The monoisotopic (exact) mass is 1390 g/mol. The first-order chi connectivity index (χ1) is 54.1. The van der Waals surface area contributed by atoms with E-state index in [0.29, 0.717) is 0 Å². The van der Waals surface area contributed by atoms with Gasteiger partial charge in [-0.1, -0.05) is 218 Å². The molecule has 20 aromatic rings. The summed E-state index contributed by atoms with van der Waals surface area (Å²) < 4.78 is 12.4. The van der Waals surface area contributed by atoms with Gasteiger partial charge in [0.15, 0.2) is 0 Å². The summed E-state index contributed by atoms with van der Waals surface area (Å²) in [5.74, 6) is 0. The lowest BCUT2D eigenvalue weighted by molar-refractivity contribution is 0.677. The number of anilines is 12. The molecule has 7 nitrogen and oxygen atoms in total. The average molecular weight is 1400 g/mol. The van der Waals surface area contributed by atoms with Crippen molar-refractivity contribution < 1.29 is 4.42 Å². The van der Waals surface area contributed by atoms with Crippen molar-refractivity contribution in [3.05, 3.63) is 425 Å². The van der Waals surface area contributed by atoms with Crippen LogP contribution in [0.4, 0.5) is 68.2 Å². The quantitative estimate of drug-likeness (QED) is 0.0908. The van der Waals surface area contributed by atoms with Gasteiger partial charge in [-0.15, -0.1) is 0 Å². The lowest BCUT2D eigenvalue weighted by Crippen LogP contribution is -2.10. The number of para-hydroxylation sites is 6. The van der Waals surface area contributed by atoms with Crippen LogP contribution >= 0.6 is 0 Å². The van der Waals surface area contributed by atoms with Gasteiger partial charge in [0.25, 0.3) is 0 Å². The number of nitrogens with zero attached hydrogens (tertiary/aromatic N) is 6. The molecule has 0 amide bonds. The highest BCUT2D eigenvalue weighted by molar-refractivity contribution is 6.29. The largest absolute Gasteiger partial charge is 0.455 e. The lowest BCUT2D eigenvalue weighted by Gasteiger charge is -2.26. The minimum absolute atomic E-state index is 0.849. The van der Waals surface area contributed by atoms with Crippen molar-refractivity contribution in [1.29, 1.82) is 0 Å². The maximum atomic E-state index is 7.61. The number of hydrogen-bond donors (Lipinski definition) is 0. The molecule has 20 rings (SSSR count). The summed E-state index contributed by atoms with van der Waals surface area (Å²) in [4.78, 5) is 9.33. The van der Waals surface area contributed by atoms with Gasteiger partial charge in [0, 0.05) is 101 Å². The Morgan fingerprint density at radius 2 is 0.404 bits per heavy atom. The Morgan fingerprint density at radius 3 is 0.743 bits per heavy atom. The predicted molar refractivity (Wildman–Crippen MR) is 457 cm³/mol. The van der Waals surface area contributed by atoms with Gasteiger partial charge in [0.2, 0.25) is 0 Å². The van der Waals surface area contributed by atoms with Gasteiger partial charge in [-0.05, 0) is 240 Å². The van der Waals surface area contributed by atoms with Gasteiger partial charge in [-0.25, -0.2) is 0 Å². The number of benzene rings is 17. The molecule has 3 heterocycles. The van der Waals surface area contributed by atoms with Crippen LogP contribution in [0.1, 0.15) is 0 Å². The van der Waals surface area contributed by atoms with E-state index in [-0.39, 0.29) is 0 Å². The van der Waals surface area contributed by atoms with Gasteiger partial charge < -0.3 is 33.2 Å². The molecule has 0 radical (unpaired) electrons. The first-order valence-corrected chi connectivity index (χ1v) is 37.1. The molecule has 0 saturated carbocycles. The summed E-state index contributed by atoms with van der Waals surface area (Å²) >= 11 is 0. The third-order valence-corrected chi connectivity index (χ3v) is 21.3. The number of rotatable bonds is 17. The van der Waals surface area contributed by atoms with Crippen molar-refractivity contribution in [3.63, 3.8) is 0 Å². The van der Waals surface area contributed by atoms with Crippen LogP contribution in [-0.4, -0.2) is 9.13 Å². The minimum atomic E-state index is 0.849. The molecule has 109 heavy (non-hydrogen) atoms. The molecule has 0 fully saturated rings. The zero-order chi connectivity index (χ0) is 72.1. The van der Waals surface area contributed by atoms with Gasteiger partial charge >= 0.3 is 0 Å². The van der Waals surface area contributed by atoms with Gasteiger partial charge in [-0.2, -0.15) is 0 Å². The molecular weight excluding hydrogens is 1330 g/mol. The Bertz CT molecular complexity index is 6470. The summed E-state index contributed by atoms with van der Waals surface area (Å²) in [6.07, 6.45) is 0. The molecule has 7 heteroatoms. The normalized spacial score (nSPS) is 11.5. The highest BCUT2D eigenvalue weighted by atomic mass is 16.3. The number of fused-ring (bicyclic) bond motifs is 11. The minimum Gasteiger partial charge on any atom is -0.455 e. The SMILES string of the molecule is c1ccc(-c2ccc(N(c3ccc(-c4ccccc4)cc3)c3ccc(-n4c5ccccc5c5c6oc7c(ccc8c7c7ccc(N(c9ccccc9)c9ccccc9)cc7n8-c7ccc(N(c8ccccc8)c8ccc(-c9ccc(N(c%10ccccc%10)c%10ccccc%10)cc9)cc8)cc7)c6ccc54)cc3)cc2)cc1.